The standard InChI is InChI=1S/C13H20BrN3O3/c1-19-7-5-17(6-8-20-2)12-4-3-10(14)9-11(12)13(15)16-18/h3-4,9,18H,5-8H2,1-2H3,(H2,15,16). The Labute approximate surface area is 127 Å². The number of ether oxygens (including phenoxy) is 2. The lowest BCUT2D eigenvalue weighted by Crippen LogP contribution is -2.32. The van der Waals surface area contributed by atoms with E-state index in [9.17, 15) is 0 Å². The Balaban J connectivity index is 3.10. The Hall–Kier alpha value is -1.31. The summed E-state index contributed by atoms with van der Waals surface area (Å²) in [6, 6.07) is 5.65. The molecule has 0 bridgehead atoms. The highest BCUT2D eigenvalue weighted by Gasteiger charge is 2.14. The lowest BCUT2D eigenvalue weighted by molar-refractivity contribution is 0.190. The van der Waals surface area contributed by atoms with Crippen LogP contribution >= 0.6 is 15.9 Å². The maximum Gasteiger partial charge on any atom is 0.172 e. The third-order valence-electron chi connectivity index (χ3n) is 2.81. The predicted molar refractivity (Wildman–Crippen MR) is 82.6 cm³/mol. The first-order valence-corrected chi connectivity index (χ1v) is 6.93. The van der Waals surface area contributed by atoms with Crippen LogP contribution in [-0.2, 0) is 9.47 Å². The van der Waals surface area contributed by atoms with Crippen molar-refractivity contribution in [2.45, 2.75) is 0 Å². The maximum atomic E-state index is 8.92. The summed E-state index contributed by atoms with van der Waals surface area (Å²) in [5.41, 5.74) is 7.28. The van der Waals surface area contributed by atoms with Crippen LogP contribution in [0.15, 0.2) is 27.8 Å². The molecule has 0 aromatic heterocycles. The lowest BCUT2D eigenvalue weighted by atomic mass is 10.1. The second-order valence-corrected chi connectivity index (χ2v) is 5.04. The summed E-state index contributed by atoms with van der Waals surface area (Å²) in [5.74, 6) is 0.0705. The van der Waals surface area contributed by atoms with E-state index in [1.165, 1.54) is 0 Å². The van der Waals surface area contributed by atoms with Gasteiger partial charge in [-0.2, -0.15) is 0 Å². The lowest BCUT2D eigenvalue weighted by Gasteiger charge is -2.26. The van der Waals surface area contributed by atoms with E-state index >= 15 is 0 Å². The zero-order valence-electron chi connectivity index (χ0n) is 11.7. The van der Waals surface area contributed by atoms with Crippen molar-refractivity contribution in [3.05, 3.63) is 28.2 Å². The smallest absolute Gasteiger partial charge is 0.172 e. The first-order chi connectivity index (χ1) is 9.63. The van der Waals surface area contributed by atoms with Crippen molar-refractivity contribution in [3.8, 4) is 0 Å². The molecule has 20 heavy (non-hydrogen) atoms. The minimum absolute atomic E-state index is 0.0705. The van der Waals surface area contributed by atoms with Crippen LogP contribution < -0.4 is 10.6 Å². The number of benzene rings is 1. The van der Waals surface area contributed by atoms with Gasteiger partial charge in [-0.25, -0.2) is 0 Å². The summed E-state index contributed by atoms with van der Waals surface area (Å²) in [6.07, 6.45) is 0. The molecule has 0 unspecified atom stereocenters. The normalized spacial score (nSPS) is 11.7. The van der Waals surface area contributed by atoms with Gasteiger partial charge in [-0.15, -0.1) is 0 Å². The molecule has 0 aliphatic heterocycles. The molecule has 0 fully saturated rings. The molecule has 1 aromatic carbocycles. The van der Waals surface area contributed by atoms with Crippen LogP contribution in [-0.4, -0.2) is 51.6 Å². The predicted octanol–water partition coefficient (Wildman–Crippen LogP) is 1.64. The number of hydrogen-bond donors (Lipinski definition) is 2. The van der Waals surface area contributed by atoms with Crippen molar-refractivity contribution in [2.75, 3.05) is 45.4 Å². The van der Waals surface area contributed by atoms with E-state index in [-0.39, 0.29) is 5.84 Å². The van der Waals surface area contributed by atoms with Gasteiger partial charge in [0.05, 0.1) is 13.2 Å². The van der Waals surface area contributed by atoms with Crippen LogP contribution in [0.25, 0.3) is 0 Å². The molecule has 0 aliphatic rings. The zero-order chi connectivity index (χ0) is 15.0. The van der Waals surface area contributed by atoms with Crippen LogP contribution in [0.5, 0.6) is 0 Å². The molecule has 0 aliphatic carbocycles. The van der Waals surface area contributed by atoms with Gasteiger partial charge in [0.2, 0.25) is 0 Å². The summed E-state index contributed by atoms with van der Waals surface area (Å²) >= 11 is 3.39. The molecule has 1 aromatic rings. The van der Waals surface area contributed by atoms with Crippen molar-refractivity contribution in [1.29, 1.82) is 0 Å². The molecule has 112 valence electrons. The van der Waals surface area contributed by atoms with Crippen molar-refractivity contribution < 1.29 is 14.7 Å². The zero-order valence-corrected chi connectivity index (χ0v) is 13.3. The summed E-state index contributed by atoms with van der Waals surface area (Å²) < 4.78 is 11.1. The summed E-state index contributed by atoms with van der Waals surface area (Å²) in [4.78, 5) is 2.08. The molecule has 0 saturated heterocycles. The molecule has 0 amide bonds. The highest BCUT2D eigenvalue weighted by Crippen LogP contribution is 2.24. The first-order valence-electron chi connectivity index (χ1n) is 6.14. The minimum atomic E-state index is 0.0705. The average Bonchev–Trinajstić information content (AvgIpc) is 2.47. The van der Waals surface area contributed by atoms with Gasteiger partial charge in [-0.3, -0.25) is 0 Å². The van der Waals surface area contributed by atoms with Crippen LogP contribution in [0.1, 0.15) is 5.56 Å². The molecule has 0 heterocycles. The molecule has 1 rings (SSSR count). The first kappa shape index (κ1) is 16.7. The molecular formula is C13H20BrN3O3. The molecule has 6 nitrogen and oxygen atoms in total. The number of oxime groups is 1. The summed E-state index contributed by atoms with van der Waals surface area (Å²) in [6.45, 7) is 2.53. The maximum absolute atomic E-state index is 8.92. The van der Waals surface area contributed by atoms with Crippen LogP contribution in [0.3, 0.4) is 0 Å². The fourth-order valence-corrected chi connectivity index (χ4v) is 2.16. The monoisotopic (exact) mass is 345 g/mol. The van der Waals surface area contributed by atoms with Gasteiger partial charge in [0.1, 0.15) is 0 Å². The summed E-state index contributed by atoms with van der Waals surface area (Å²) in [7, 11) is 3.31. The topological polar surface area (TPSA) is 80.3 Å². The quantitative estimate of drug-likeness (QED) is 0.324. The molecule has 0 atom stereocenters. The van der Waals surface area contributed by atoms with Gasteiger partial charge >= 0.3 is 0 Å². The van der Waals surface area contributed by atoms with E-state index in [1.807, 2.05) is 18.2 Å². The molecule has 0 radical (unpaired) electrons. The van der Waals surface area contributed by atoms with E-state index in [0.717, 1.165) is 10.2 Å². The fraction of sp³-hybridized carbons (Fsp3) is 0.462. The molecular weight excluding hydrogens is 326 g/mol. The van der Waals surface area contributed by atoms with Crippen molar-refractivity contribution in [2.24, 2.45) is 10.9 Å². The van der Waals surface area contributed by atoms with Gasteiger partial charge in [0, 0.05) is 43.0 Å². The highest BCUT2D eigenvalue weighted by molar-refractivity contribution is 9.10. The Kier molecular flexibility index (Phi) is 7.35. The van der Waals surface area contributed by atoms with Crippen molar-refractivity contribution in [3.63, 3.8) is 0 Å². The number of methoxy groups -OCH3 is 2. The summed E-state index contributed by atoms with van der Waals surface area (Å²) in [5, 5.41) is 12.0. The van der Waals surface area contributed by atoms with E-state index in [2.05, 4.69) is 26.0 Å². The van der Waals surface area contributed by atoms with Gasteiger partial charge in [-0.05, 0) is 18.2 Å². The van der Waals surface area contributed by atoms with E-state index in [1.54, 1.807) is 14.2 Å². The Morgan fingerprint density at radius 2 is 1.90 bits per heavy atom. The molecule has 7 heteroatoms. The van der Waals surface area contributed by atoms with Crippen molar-refractivity contribution in [1.82, 2.24) is 0 Å². The number of rotatable bonds is 8. The van der Waals surface area contributed by atoms with Crippen LogP contribution in [0.2, 0.25) is 0 Å². The average molecular weight is 346 g/mol. The second-order valence-electron chi connectivity index (χ2n) is 4.12. The number of nitrogens with two attached hydrogens (primary N) is 1. The largest absolute Gasteiger partial charge is 0.409 e. The number of amidine groups is 1. The minimum Gasteiger partial charge on any atom is -0.409 e. The van der Waals surface area contributed by atoms with Crippen LogP contribution in [0.4, 0.5) is 5.69 Å². The Bertz CT molecular complexity index is 446. The number of hydrogen-bond acceptors (Lipinski definition) is 5. The van der Waals surface area contributed by atoms with E-state index in [4.69, 9.17) is 20.4 Å². The second kappa shape index (κ2) is 8.78. The third-order valence-corrected chi connectivity index (χ3v) is 3.31. The number of nitrogens with zero attached hydrogens (tertiary/aromatic N) is 2. The van der Waals surface area contributed by atoms with Gasteiger partial charge in [-0.1, -0.05) is 21.1 Å². The van der Waals surface area contributed by atoms with Crippen molar-refractivity contribution >= 4 is 27.5 Å². The van der Waals surface area contributed by atoms with E-state index < -0.39 is 0 Å². The van der Waals surface area contributed by atoms with Crippen LogP contribution in [0, 0.1) is 0 Å². The van der Waals surface area contributed by atoms with Gasteiger partial charge in [0.15, 0.2) is 5.84 Å². The Morgan fingerprint density at radius 1 is 1.30 bits per heavy atom. The van der Waals surface area contributed by atoms with Gasteiger partial charge in [0.25, 0.3) is 0 Å². The third kappa shape index (κ3) is 4.66. The molecule has 0 spiro atoms. The van der Waals surface area contributed by atoms with Gasteiger partial charge < -0.3 is 25.3 Å². The SMILES string of the molecule is COCCN(CCOC)c1ccc(Br)cc1/C(N)=N/O. The Morgan fingerprint density at radius 3 is 2.40 bits per heavy atom. The van der Waals surface area contributed by atoms with E-state index in [0.29, 0.717) is 31.9 Å². The number of anilines is 1. The highest BCUT2D eigenvalue weighted by atomic mass is 79.9. The number of halogens is 1. The molecule has 0 saturated carbocycles. The molecule has 3 N–H and O–H groups in total. The fourth-order valence-electron chi connectivity index (χ4n) is 1.80.